The van der Waals surface area contributed by atoms with Gasteiger partial charge >= 0.3 is 11.9 Å². The Hall–Kier alpha value is -2.71. The van der Waals surface area contributed by atoms with Crippen molar-refractivity contribution in [3.8, 4) is 0 Å². The van der Waals surface area contributed by atoms with Gasteiger partial charge in [0.2, 0.25) is 10.0 Å². The van der Waals surface area contributed by atoms with Gasteiger partial charge in [0.05, 0.1) is 23.1 Å². The summed E-state index contributed by atoms with van der Waals surface area (Å²) in [6.45, 7) is 5.84. The number of hydrogen-bond donors (Lipinski definition) is 0. The van der Waals surface area contributed by atoms with Crippen molar-refractivity contribution in [2.24, 2.45) is 0 Å². The van der Waals surface area contributed by atoms with Gasteiger partial charge in [0.25, 0.3) is 0 Å². The summed E-state index contributed by atoms with van der Waals surface area (Å²) in [6, 6.07) is 11.0. The number of ether oxygens (including phenoxy) is 2. The second kappa shape index (κ2) is 9.67. The summed E-state index contributed by atoms with van der Waals surface area (Å²) in [7, 11) is -2.40. The Kier molecular flexibility index (Phi) is 7.53. The van der Waals surface area contributed by atoms with Crippen LogP contribution >= 0.6 is 0 Å². The first-order valence-electron chi connectivity index (χ1n) is 9.19. The van der Waals surface area contributed by atoms with Crippen LogP contribution in [0.2, 0.25) is 0 Å². The summed E-state index contributed by atoms with van der Waals surface area (Å²) < 4.78 is 36.8. The Morgan fingerprint density at radius 2 is 1.69 bits per heavy atom. The molecule has 2 aromatic rings. The molecular formula is C21H25NO6S. The Labute approximate surface area is 171 Å². The van der Waals surface area contributed by atoms with Crippen LogP contribution in [0, 0.1) is 6.92 Å². The van der Waals surface area contributed by atoms with Crippen LogP contribution in [0.25, 0.3) is 0 Å². The molecule has 0 aromatic heterocycles. The van der Waals surface area contributed by atoms with Crippen molar-refractivity contribution in [2.75, 3.05) is 20.2 Å². The molecule has 2 rings (SSSR count). The van der Waals surface area contributed by atoms with Gasteiger partial charge in [0.1, 0.15) is 6.61 Å². The lowest BCUT2D eigenvalue weighted by molar-refractivity contribution is 0.0471. The molecule has 0 bridgehead atoms. The third kappa shape index (κ3) is 5.21. The molecule has 0 saturated carbocycles. The molecule has 0 N–H and O–H groups in total. The largest absolute Gasteiger partial charge is 0.465 e. The van der Waals surface area contributed by atoms with Gasteiger partial charge in [-0.15, -0.1) is 0 Å². The average Bonchev–Trinajstić information content (AvgIpc) is 2.72. The number of hydrogen-bond acceptors (Lipinski definition) is 6. The number of esters is 2. The number of aryl methyl sites for hydroxylation is 1. The van der Waals surface area contributed by atoms with E-state index in [4.69, 9.17) is 4.74 Å². The van der Waals surface area contributed by atoms with Gasteiger partial charge in [-0.05, 0) is 42.3 Å². The van der Waals surface area contributed by atoms with E-state index in [1.54, 1.807) is 51.1 Å². The SMILES string of the molecule is CCN(CC)S(=O)(=O)c1ccc(C)c(C(=O)OCc2cccc(C(=O)OC)c2)c1. The van der Waals surface area contributed by atoms with Crippen molar-refractivity contribution in [3.63, 3.8) is 0 Å². The highest BCUT2D eigenvalue weighted by Gasteiger charge is 2.24. The van der Waals surface area contributed by atoms with Crippen LogP contribution in [-0.2, 0) is 26.1 Å². The van der Waals surface area contributed by atoms with Crippen molar-refractivity contribution < 1.29 is 27.5 Å². The predicted octanol–water partition coefficient (Wildman–Crippen LogP) is 3.17. The fourth-order valence-electron chi connectivity index (χ4n) is 2.83. The number of sulfonamides is 1. The monoisotopic (exact) mass is 419 g/mol. The zero-order valence-electron chi connectivity index (χ0n) is 17.0. The molecule has 0 fully saturated rings. The van der Waals surface area contributed by atoms with Crippen LogP contribution < -0.4 is 0 Å². The van der Waals surface area contributed by atoms with E-state index in [2.05, 4.69) is 4.74 Å². The minimum atomic E-state index is -3.68. The zero-order valence-corrected chi connectivity index (χ0v) is 17.8. The topological polar surface area (TPSA) is 90.0 Å². The zero-order chi connectivity index (χ0) is 21.6. The second-order valence-electron chi connectivity index (χ2n) is 6.33. The molecule has 0 atom stereocenters. The van der Waals surface area contributed by atoms with Crippen LogP contribution in [0.15, 0.2) is 47.4 Å². The second-order valence-corrected chi connectivity index (χ2v) is 8.27. The third-order valence-electron chi connectivity index (χ3n) is 4.49. The molecular weight excluding hydrogens is 394 g/mol. The average molecular weight is 419 g/mol. The van der Waals surface area contributed by atoms with Gasteiger partial charge in [-0.3, -0.25) is 0 Å². The van der Waals surface area contributed by atoms with Crippen molar-refractivity contribution >= 4 is 22.0 Å². The Balaban J connectivity index is 2.22. The van der Waals surface area contributed by atoms with Gasteiger partial charge in [-0.1, -0.05) is 32.0 Å². The molecule has 0 aliphatic rings. The molecule has 0 saturated heterocycles. The van der Waals surface area contributed by atoms with E-state index in [1.165, 1.54) is 23.5 Å². The summed E-state index contributed by atoms with van der Waals surface area (Å²) in [6.07, 6.45) is 0. The van der Waals surface area contributed by atoms with Crippen LogP contribution in [0.5, 0.6) is 0 Å². The Morgan fingerprint density at radius 3 is 2.31 bits per heavy atom. The fourth-order valence-corrected chi connectivity index (χ4v) is 4.31. The van der Waals surface area contributed by atoms with Crippen LogP contribution in [0.4, 0.5) is 0 Å². The van der Waals surface area contributed by atoms with Crippen LogP contribution in [0.1, 0.15) is 45.7 Å². The lowest BCUT2D eigenvalue weighted by atomic mass is 10.1. The summed E-state index contributed by atoms with van der Waals surface area (Å²) >= 11 is 0. The summed E-state index contributed by atoms with van der Waals surface area (Å²) in [4.78, 5) is 24.2. The predicted molar refractivity (Wildman–Crippen MR) is 108 cm³/mol. The standard InChI is InChI=1S/C21H25NO6S/c1-5-22(6-2)29(25,26)18-11-10-15(3)19(13-18)21(24)28-14-16-8-7-9-17(12-16)20(23)27-4/h7-13H,5-6,14H2,1-4H3. The minimum absolute atomic E-state index is 0.0476. The van der Waals surface area contributed by atoms with Gasteiger partial charge in [0, 0.05) is 13.1 Å². The van der Waals surface area contributed by atoms with Crippen molar-refractivity contribution in [3.05, 3.63) is 64.7 Å². The molecule has 8 heteroatoms. The van der Waals surface area contributed by atoms with Crippen LogP contribution in [-0.4, -0.2) is 44.9 Å². The molecule has 0 heterocycles. The minimum Gasteiger partial charge on any atom is -0.465 e. The molecule has 0 unspecified atom stereocenters. The lowest BCUT2D eigenvalue weighted by Crippen LogP contribution is -2.30. The highest BCUT2D eigenvalue weighted by molar-refractivity contribution is 7.89. The quantitative estimate of drug-likeness (QED) is 0.611. The molecule has 0 aliphatic carbocycles. The van der Waals surface area contributed by atoms with Crippen molar-refractivity contribution in [1.82, 2.24) is 4.31 Å². The molecule has 2 aromatic carbocycles. The summed E-state index contributed by atoms with van der Waals surface area (Å²) in [5.41, 5.74) is 1.76. The molecule has 156 valence electrons. The molecule has 0 spiro atoms. The third-order valence-corrected chi connectivity index (χ3v) is 6.54. The van der Waals surface area contributed by atoms with E-state index in [9.17, 15) is 18.0 Å². The molecule has 0 aliphatic heterocycles. The highest BCUT2D eigenvalue weighted by Crippen LogP contribution is 2.21. The van der Waals surface area contributed by atoms with Gasteiger partial charge < -0.3 is 9.47 Å². The molecule has 0 radical (unpaired) electrons. The van der Waals surface area contributed by atoms with E-state index >= 15 is 0 Å². The van der Waals surface area contributed by atoms with Gasteiger partial charge in [-0.2, -0.15) is 4.31 Å². The first-order valence-corrected chi connectivity index (χ1v) is 10.6. The smallest absolute Gasteiger partial charge is 0.338 e. The van der Waals surface area contributed by atoms with E-state index in [-0.39, 0.29) is 17.1 Å². The Morgan fingerprint density at radius 1 is 1.00 bits per heavy atom. The number of rotatable bonds is 8. The number of benzene rings is 2. The fraction of sp³-hybridized carbons (Fsp3) is 0.333. The van der Waals surface area contributed by atoms with Crippen LogP contribution in [0.3, 0.4) is 0 Å². The lowest BCUT2D eigenvalue weighted by Gasteiger charge is -2.19. The number of carbonyl (C=O) groups excluding carboxylic acids is 2. The van der Waals surface area contributed by atoms with E-state index in [0.717, 1.165) is 0 Å². The van der Waals surface area contributed by atoms with Gasteiger partial charge in [-0.25, -0.2) is 18.0 Å². The molecule has 7 nitrogen and oxygen atoms in total. The van der Waals surface area contributed by atoms with Crippen molar-refractivity contribution in [2.45, 2.75) is 32.3 Å². The normalized spacial score (nSPS) is 11.3. The summed E-state index contributed by atoms with van der Waals surface area (Å²) in [5, 5.41) is 0. The molecule has 0 amide bonds. The maximum Gasteiger partial charge on any atom is 0.338 e. The first kappa shape index (κ1) is 22.6. The van der Waals surface area contributed by atoms with E-state index in [1.807, 2.05) is 0 Å². The Bertz CT molecular complexity index is 996. The number of carbonyl (C=O) groups is 2. The maximum absolute atomic E-state index is 12.7. The summed E-state index contributed by atoms with van der Waals surface area (Å²) in [5.74, 6) is -1.12. The number of nitrogens with zero attached hydrogens (tertiary/aromatic N) is 1. The first-order chi connectivity index (χ1) is 13.7. The maximum atomic E-state index is 12.7. The number of methoxy groups -OCH3 is 1. The van der Waals surface area contributed by atoms with Gasteiger partial charge in [0.15, 0.2) is 0 Å². The van der Waals surface area contributed by atoms with E-state index < -0.39 is 22.0 Å². The highest BCUT2D eigenvalue weighted by atomic mass is 32.2. The van der Waals surface area contributed by atoms with Crippen molar-refractivity contribution in [1.29, 1.82) is 0 Å². The molecule has 29 heavy (non-hydrogen) atoms. The van der Waals surface area contributed by atoms with E-state index in [0.29, 0.717) is 29.8 Å².